The topological polar surface area (TPSA) is 82.0 Å². The Balaban J connectivity index is 1.48. The third kappa shape index (κ3) is 4.53. The van der Waals surface area contributed by atoms with E-state index in [1.807, 2.05) is 0 Å². The van der Waals surface area contributed by atoms with Crippen LogP contribution in [0.3, 0.4) is 0 Å². The van der Waals surface area contributed by atoms with Crippen molar-refractivity contribution >= 4 is 63.9 Å². The summed E-state index contributed by atoms with van der Waals surface area (Å²) < 4.78 is 12.1. The van der Waals surface area contributed by atoms with Gasteiger partial charge in [-0.05, 0) is 54.7 Å². The van der Waals surface area contributed by atoms with Gasteiger partial charge in [-0.2, -0.15) is 5.26 Å². The predicted molar refractivity (Wildman–Crippen MR) is 122 cm³/mol. The first-order valence-electron chi connectivity index (χ1n) is 9.77. The first-order chi connectivity index (χ1) is 15.1. The van der Waals surface area contributed by atoms with Gasteiger partial charge in [0.1, 0.15) is 16.2 Å². The zero-order valence-electron chi connectivity index (χ0n) is 16.3. The Morgan fingerprint density at radius 1 is 1.12 bits per heavy atom. The maximum atomic E-state index is 13.5. The first-order valence-corrected chi connectivity index (χ1v) is 11.3. The van der Waals surface area contributed by atoms with E-state index in [1.165, 1.54) is 36.4 Å². The summed E-state index contributed by atoms with van der Waals surface area (Å²) >= 11 is 24.7. The van der Waals surface area contributed by atoms with Crippen LogP contribution in [0, 0.1) is 29.0 Å². The van der Waals surface area contributed by atoms with E-state index in [-0.39, 0.29) is 21.5 Å². The molecule has 32 heavy (non-hydrogen) atoms. The highest BCUT2D eigenvalue weighted by molar-refractivity contribution is 6.53. The fraction of sp³-hybridized carbons (Fsp3) is 0.318. The highest BCUT2D eigenvalue weighted by Gasteiger charge is 2.67. The van der Waals surface area contributed by atoms with Gasteiger partial charge in [-0.25, -0.2) is 4.39 Å². The molecular formula is C22H16Cl4FN3O2. The molecule has 2 fully saturated rings. The van der Waals surface area contributed by atoms with Crippen molar-refractivity contribution in [2.75, 3.05) is 5.32 Å². The molecule has 0 bridgehead atoms. The van der Waals surface area contributed by atoms with Crippen molar-refractivity contribution in [2.45, 2.75) is 29.1 Å². The Hall–Kier alpha value is -2.04. The standard InChI is InChI=1S/C22H16Cl4FN3O2/c23-14-5-4-12(8-13(14)20(31)30-17(9-28)10-1-2-10)29-21(32)19-18(22(19,25)26)11-3-6-16(27)15(24)7-11/h3-8,10,17-19H,1-2H2,(H,29,32)(H,30,31). The van der Waals surface area contributed by atoms with E-state index in [0.717, 1.165) is 12.8 Å². The van der Waals surface area contributed by atoms with Crippen molar-refractivity contribution in [1.82, 2.24) is 5.32 Å². The molecule has 3 atom stereocenters. The summed E-state index contributed by atoms with van der Waals surface area (Å²) in [6, 6.07) is 10.0. The van der Waals surface area contributed by atoms with Crippen molar-refractivity contribution in [2.24, 2.45) is 11.8 Å². The lowest BCUT2D eigenvalue weighted by molar-refractivity contribution is -0.117. The lowest BCUT2D eigenvalue weighted by Gasteiger charge is -2.13. The molecule has 0 aliphatic heterocycles. The van der Waals surface area contributed by atoms with Crippen LogP contribution in [0.1, 0.15) is 34.7 Å². The second-order valence-corrected chi connectivity index (χ2v) is 10.2. The Morgan fingerprint density at radius 2 is 1.84 bits per heavy atom. The summed E-state index contributed by atoms with van der Waals surface area (Å²) in [4.78, 5) is 25.5. The van der Waals surface area contributed by atoms with E-state index in [0.29, 0.717) is 11.3 Å². The molecule has 3 unspecified atom stereocenters. The second-order valence-electron chi connectivity index (χ2n) is 7.90. The molecule has 2 aliphatic carbocycles. The van der Waals surface area contributed by atoms with Crippen molar-refractivity contribution in [3.05, 3.63) is 63.4 Å². The van der Waals surface area contributed by atoms with E-state index in [9.17, 15) is 19.2 Å². The average Bonchev–Trinajstić information content (AvgIpc) is 3.65. The number of carbonyl (C=O) groups excluding carboxylic acids is 2. The van der Waals surface area contributed by atoms with Crippen molar-refractivity contribution in [3.8, 4) is 6.07 Å². The van der Waals surface area contributed by atoms with Gasteiger partial charge in [0.05, 0.1) is 27.6 Å². The molecule has 0 saturated heterocycles. The van der Waals surface area contributed by atoms with Crippen molar-refractivity contribution < 1.29 is 14.0 Å². The van der Waals surface area contributed by atoms with Crippen LogP contribution >= 0.6 is 46.4 Å². The van der Waals surface area contributed by atoms with Gasteiger partial charge in [-0.3, -0.25) is 9.59 Å². The molecule has 166 valence electrons. The maximum absolute atomic E-state index is 13.5. The number of carbonyl (C=O) groups is 2. The van der Waals surface area contributed by atoms with Gasteiger partial charge in [0.2, 0.25) is 5.91 Å². The number of nitrogens with zero attached hydrogens (tertiary/aromatic N) is 1. The molecule has 0 aromatic heterocycles. The summed E-state index contributed by atoms with van der Waals surface area (Å²) in [5, 5.41) is 14.7. The van der Waals surface area contributed by atoms with E-state index >= 15 is 0 Å². The first kappa shape index (κ1) is 23.1. The fourth-order valence-corrected chi connectivity index (χ4v) is 4.90. The molecule has 0 radical (unpaired) electrons. The van der Waals surface area contributed by atoms with Crippen LogP contribution in [-0.2, 0) is 4.79 Å². The van der Waals surface area contributed by atoms with Gasteiger partial charge >= 0.3 is 0 Å². The number of hydrogen-bond acceptors (Lipinski definition) is 3. The van der Waals surface area contributed by atoms with E-state index in [2.05, 4.69) is 16.7 Å². The summed E-state index contributed by atoms with van der Waals surface area (Å²) in [5.41, 5.74) is 0.989. The van der Waals surface area contributed by atoms with Crippen molar-refractivity contribution in [1.29, 1.82) is 5.26 Å². The van der Waals surface area contributed by atoms with Crippen LogP contribution in [0.25, 0.3) is 0 Å². The van der Waals surface area contributed by atoms with Crippen LogP contribution in [0.4, 0.5) is 10.1 Å². The molecule has 5 nitrogen and oxygen atoms in total. The normalized spacial score (nSPS) is 21.9. The minimum Gasteiger partial charge on any atom is -0.336 e. The number of nitriles is 1. The van der Waals surface area contributed by atoms with Crippen LogP contribution < -0.4 is 10.6 Å². The minimum atomic E-state index is -1.39. The minimum absolute atomic E-state index is 0.0899. The van der Waals surface area contributed by atoms with Gasteiger partial charge in [0, 0.05) is 11.6 Å². The number of halogens is 5. The summed E-state index contributed by atoms with van der Waals surface area (Å²) in [7, 11) is 0. The smallest absolute Gasteiger partial charge is 0.253 e. The highest BCUT2D eigenvalue weighted by Crippen LogP contribution is 2.65. The lowest BCUT2D eigenvalue weighted by Crippen LogP contribution is -2.35. The molecule has 4 rings (SSSR count). The lowest BCUT2D eigenvalue weighted by atomic mass is 10.1. The predicted octanol–water partition coefficient (Wildman–Crippen LogP) is 5.69. The van der Waals surface area contributed by atoms with Crippen LogP contribution in [0.5, 0.6) is 0 Å². The number of hydrogen-bond donors (Lipinski definition) is 2. The van der Waals surface area contributed by atoms with Crippen LogP contribution in [0.2, 0.25) is 10.0 Å². The largest absolute Gasteiger partial charge is 0.336 e. The number of nitrogens with one attached hydrogen (secondary N) is 2. The molecule has 2 saturated carbocycles. The number of rotatable bonds is 6. The fourth-order valence-electron chi connectivity index (χ4n) is 3.67. The van der Waals surface area contributed by atoms with Gasteiger partial charge in [0.15, 0.2) is 0 Å². The number of alkyl halides is 2. The Kier molecular flexibility index (Phi) is 6.30. The second kappa shape index (κ2) is 8.72. The SMILES string of the molecule is N#CC(NC(=O)c1cc(NC(=O)C2C(c3ccc(F)c(Cl)c3)C2(Cl)Cl)ccc1Cl)C1CC1. The van der Waals surface area contributed by atoms with Gasteiger partial charge in [-0.1, -0.05) is 29.3 Å². The molecule has 0 spiro atoms. The number of anilines is 1. The summed E-state index contributed by atoms with van der Waals surface area (Å²) in [6.07, 6.45) is 1.78. The third-order valence-corrected chi connectivity index (χ3v) is 7.20. The molecule has 10 heteroatoms. The summed E-state index contributed by atoms with van der Waals surface area (Å²) in [6.45, 7) is 0. The molecule has 2 N–H and O–H groups in total. The average molecular weight is 515 g/mol. The van der Waals surface area contributed by atoms with Crippen molar-refractivity contribution in [3.63, 3.8) is 0 Å². The Bertz CT molecular complexity index is 1150. The third-order valence-electron chi connectivity index (χ3n) is 5.64. The number of benzene rings is 2. The zero-order chi connectivity index (χ0) is 23.2. The van der Waals surface area contributed by atoms with E-state index in [1.54, 1.807) is 0 Å². The summed E-state index contributed by atoms with van der Waals surface area (Å²) in [5.74, 6) is -2.79. The maximum Gasteiger partial charge on any atom is 0.253 e. The Labute approximate surface area is 203 Å². The molecule has 2 aliphatic rings. The molecule has 2 aromatic rings. The molecule has 2 amide bonds. The van der Waals surface area contributed by atoms with Gasteiger partial charge < -0.3 is 10.6 Å². The number of amides is 2. The van der Waals surface area contributed by atoms with E-state index in [4.69, 9.17) is 46.4 Å². The Morgan fingerprint density at radius 3 is 2.47 bits per heavy atom. The molecular weight excluding hydrogens is 499 g/mol. The molecule has 2 aromatic carbocycles. The quantitative estimate of drug-likeness (QED) is 0.486. The van der Waals surface area contributed by atoms with Crippen LogP contribution in [0.15, 0.2) is 36.4 Å². The highest BCUT2D eigenvalue weighted by atomic mass is 35.5. The van der Waals surface area contributed by atoms with Crippen LogP contribution in [-0.4, -0.2) is 22.2 Å². The molecule has 0 heterocycles. The zero-order valence-corrected chi connectivity index (χ0v) is 19.4. The van der Waals surface area contributed by atoms with Gasteiger partial charge in [0.25, 0.3) is 5.91 Å². The van der Waals surface area contributed by atoms with E-state index < -0.39 is 39.8 Å². The monoisotopic (exact) mass is 513 g/mol. The van der Waals surface area contributed by atoms with Gasteiger partial charge in [-0.15, -0.1) is 23.2 Å².